The summed E-state index contributed by atoms with van der Waals surface area (Å²) < 4.78 is 0. The summed E-state index contributed by atoms with van der Waals surface area (Å²) >= 11 is 0. The number of benzene rings is 1. The summed E-state index contributed by atoms with van der Waals surface area (Å²) in [7, 11) is 0. The van der Waals surface area contributed by atoms with Gasteiger partial charge in [-0.25, -0.2) is 0 Å². The second-order valence-corrected chi connectivity index (χ2v) is 4.70. The fourth-order valence-corrected chi connectivity index (χ4v) is 1.76. The minimum Gasteiger partial charge on any atom is -0.388 e. The van der Waals surface area contributed by atoms with Gasteiger partial charge in [-0.05, 0) is 17.9 Å². The van der Waals surface area contributed by atoms with Gasteiger partial charge >= 0.3 is 0 Å². The molecule has 0 bridgehead atoms. The Balaban J connectivity index is 2.40. The molecule has 2 heteroatoms. The quantitative estimate of drug-likeness (QED) is 0.774. The second kappa shape index (κ2) is 6.02. The molecule has 0 aliphatic rings. The lowest BCUT2D eigenvalue weighted by Crippen LogP contribution is -2.44. The van der Waals surface area contributed by atoms with E-state index >= 15 is 0 Å². The maximum absolute atomic E-state index is 10.3. The zero-order chi connectivity index (χ0) is 12.0. The predicted octanol–water partition coefficient (Wildman–Crippen LogP) is 2.57. The Labute approximate surface area is 98.7 Å². The number of hydrogen-bond donors (Lipinski definition) is 2. The van der Waals surface area contributed by atoms with Crippen molar-refractivity contribution in [3.8, 4) is 0 Å². The first kappa shape index (κ1) is 13.2. The Morgan fingerprint density at radius 3 is 2.38 bits per heavy atom. The van der Waals surface area contributed by atoms with E-state index < -0.39 is 5.60 Å². The third-order valence-corrected chi connectivity index (χ3v) is 3.29. The molecule has 0 amide bonds. The first-order chi connectivity index (χ1) is 7.58. The molecule has 0 radical (unpaired) electrons. The topological polar surface area (TPSA) is 32.3 Å². The van der Waals surface area contributed by atoms with E-state index in [1.807, 2.05) is 25.1 Å². The van der Waals surface area contributed by atoms with Crippen LogP contribution in [0.3, 0.4) is 0 Å². The van der Waals surface area contributed by atoms with Crippen LogP contribution in [0.15, 0.2) is 30.3 Å². The van der Waals surface area contributed by atoms with Gasteiger partial charge in [-0.1, -0.05) is 51.1 Å². The molecule has 1 aromatic carbocycles. The van der Waals surface area contributed by atoms with Crippen LogP contribution in [0.2, 0.25) is 0 Å². The lowest BCUT2D eigenvalue weighted by molar-refractivity contribution is -0.00785. The molecule has 2 N–H and O–H groups in total. The number of hydrogen-bond acceptors (Lipinski definition) is 2. The van der Waals surface area contributed by atoms with Gasteiger partial charge in [0, 0.05) is 13.1 Å². The van der Waals surface area contributed by atoms with Crippen molar-refractivity contribution in [1.82, 2.24) is 5.32 Å². The third-order valence-electron chi connectivity index (χ3n) is 3.29. The molecular formula is C14H23NO. The Morgan fingerprint density at radius 2 is 1.88 bits per heavy atom. The average molecular weight is 221 g/mol. The summed E-state index contributed by atoms with van der Waals surface area (Å²) in [5.41, 5.74) is 0.666. The first-order valence-electron chi connectivity index (χ1n) is 6.05. The molecule has 0 fully saturated rings. The fraction of sp³-hybridized carbons (Fsp3) is 0.571. The van der Waals surface area contributed by atoms with Crippen LogP contribution in [0.4, 0.5) is 0 Å². The molecule has 0 aliphatic heterocycles. The summed E-state index contributed by atoms with van der Waals surface area (Å²) in [4.78, 5) is 0. The summed E-state index contributed by atoms with van der Waals surface area (Å²) in [6.07, 6.45) is 0.784. The molecule has 90 valence electrons. The van der Waals surface area contributed by atoms with Gasteiger partial charge in [-0.2, -0.15) is 0 Å². The largest absolute Gasteiger partial charge is 0.388 e. The first-order valence-corrected chi connectivity index (χ1v) is 6.05. The van der Waals surface area contributed by atoms with Crippen LogP contribution in [0, 0.1) is 5.92 Å². The molecule has 0 saturated carbocycles. The van der Waals surface area contributed by atoms with Crippen LogP contribution >= 0.6 is 0 Å². The van der Waals surface area contributed by atoms with Crippen molar-refractivity contribution in [1.29, 1.82) is 0 Å². The van der Waals surface area contributed by atoms with Crippen LogP contribution in [0.1, 0.15) is 32.8 Å². The Hall–Kier alpha value is -0.860. The maximum atomic E-state index is 10.3. The summed E-state index contributed by atoms with van der Waals surface area (Å²) in [5, 5.41) is 13.6. The summed E-state index contributed by atoms with van der Waals surface area (Å²) in [6, 6.07) is 10.3. The smallest absolute Gasteiger partial charge is 0.0791 e. The van der Waals surface area contributed by atoms with Gasteiger partial charge in [0.2, 0.25) is 0 Å². The van der Waals surface area contributed by atoms with Crippen LogP contribution < -0.4 is 5.32 Å². The molecule has 1 aromatic rings. The average Bonchev–Trinajstić information content (AvgIpc) is 2.30. The highest BCUT2D eigenvalue weighted by Gasteiger charge is 2.27. The minimum atomic E-state index is -0.589. The van der Waals surface area contributed by atoms with E-state index in [0.29, 0.717) is 6.54 Å². The zero-order valence-electron chi connectivity index (χ0n) is 10.5. The number of nitrogens with one attached hydrogen (secondary N) is 1. The van der Waals surface area contributed by atoms with Crippen molar-refractivity contribution in [2.24, 2.45) is 5.92 Å². The Kier molecular flexibility index (Phi) is 4.97. The van der Waals surface area contributed by atoms with Gasteiger partial charge in [0.1, 0.15) is 0 Å². The SMILES string of the molecule is CCC(O)(CNCc1ccccc1)C(C)C. The zero-order valence-corrected chi connectivity index (χ0v) is 10.5. The molecule has 1 unspecified atom stereocenters. The Morgan fingerprint density at radius 1 is 1.25 bits per heavy atom. The van der Waals surface area contributed by atoms with Crippen LogP contribution in [0.5, 0.6) is 0 Å². The minimum absolute atomic E-state index is 0.278. The molecule has 0 heterocycles. The third kappa shape index (κ3) is 3.62. The van der Waals surface area contributed by atoms with E-state index in [9.17, 15) is 5.11 Å². The monoisotopic (exact) mass is 221 g/mol. The number of rotatable bonds is 6. The van der Waals surface area contributed by atoms with Crippen molar-refractivity contribution in [3.63, 3.8) is 0 Å². The van der Waals surface area contributed by atoms with Gasteiger partial charge < -0.3 is 10.4 Å². The lowest BCUT2D eigenvalue weighted by atomic mass is 9.88. The lowest BCUT2D eigenvalue weighted by Gasteiger charge is -2.31. The van der Waals surface area contributed by atoms with Gasteiger partial charge in [-0.3, -0.25) is 0 Å². The van der Waals surface area contributed by atoms with E-state index in [2.05, 4.69) is 31.3 Å². The normalized spacial score (nSPS) is 15.1. The molecule has 1 rings (SSSR count). The highest BCUT2D eigenvalue weighted by atomic mass is 16.3. The molecule has 0 aliphatic carbocycles. The molecule has 0 aromatic heterocycles. The van der Waals surface area contributed by atoms with Crippen molar-refractivity contribution in [3.05, 3.63) is 35.9 Å². The van der Waals surface area contributed by atoms with E-state index in [1.165, 1.54) is 5.56 Å². The molecule has 0 saturated heterocycles. The second-order valence-electron chi connectivity index (χ2n) is 4.70. The van der Waals surface area contributed by atoms with Crippen LogP contribution in [0.25, 0.3) is 0 Å². The van der Waals surface area contributed by atoms with Crippen LogP contribution in [-0.4, -0.2) is 17.3 Å². The Bertz CT molecular complexity index is 297. The van der Waals surface area contributed by atoms with Gasteiger partial charge in [0.15, 0.2) is 0 Å². The summed E-state index contributed by atoms with van der Waals surface area (Å²) in [5.74, 6) is 0.278. The van der Waals surface area contributed by atoms with Crippen molar-refractivity contribution in [2.75, 3.05) is 6.54 Å². The highest BCUT2D eigenvalue weighted by Crippen LogP contribution is 2.19. The van der Waals surface area contributed by atoms with Crippen LogP contribution in [-0.2, 0) is 6.54 Å². The summed E-state index contributed by atoms with van der Waals surface area (Å²) in [6.45, 7) is 7.62. The predicted molar refractivity (Wildman–Crippen MR) is 68.2 cm³/mol. The van der Waals surface area contributed by atoms with E-state index in [-0.39, 0.29) is 5.92 Å². The highest BCUT2D eigenvalue weighted by molar-refractivity contribution is 5.14. The fourth-order valence-electron chi connectivity index (χ4n) is 1.76. The van der Waals surface area contributed by atoms with Crippen molar-refractivity contribution < 1.29 is 5.11 Å². The maximum Gasteiger partial charge on any atom is 0.0791 e. The van der Waals surface area contributed by atoms with Gasteiger partial charge in [0.05, 0.1) is 5.60 Å². The van der Waals surface area contributed by atoms with Crippen molar-refractivity contribution >= 4 is 0 Å². The van der Waals surface area contributed by atoms with Crippen molar-refractivity contribution in [2.45, 2.75) is 39.3 Å². The standard InChI is InChI=1S/C14H23NO/c1-4-14(16,12(2)3)11-15-10-13-8-6-5-7-9-13/h5-9,12,15-16H,4,10-11H2,1-3H3. The van der Waals surface area contributed by atoms with E-state index in [1.54, 1.807) is 0 Å². The van der Waals surface area contributed by atoms with E-state index in [4.69, 9.17) is 0 Å². The number of aliphatic hydroxyl groups is 1. The molecular weight excluding hydrogens is 198 g/mol. The van der Waals surface area contributed by atoms with Gasteiger partial charge in [0.25, 0.3) is 0 Å². The molecule has 2 nitrogen and oxygen atoms in total. The molecule has 16 heavy (non-hydrogen) atoms. The molecule has 0 spiro atoms. The van der Waals surface area contributed by atoms with E-state index in [0.717, 1.165) is 13.0 Å². The van der Waals surface area contributed by atoms with Gasteiger partial charge in [-0.15, -0.1) is 0 Å². The molecule has 1 atom stereocenters.